The van der Waals surface area contributed by atoms with E-state index in [1.807, 2.05) is 10.9 Å². The van der Waals surface area contributed by atoms with E-state index in [4.69, 9.17) is 5.26 Å². The van der Waals surface area contributed by atoms with Gasteiger partial charge in [-0.3, -0.25) is 4.68 Å². The van der Waals surface area contributed by atoms with E-state index in [2.05, 4.69) is 31.9 Å². The second kappa shape index (κ2) is 7.44. The Bertz CT molecular complexity index is 775. The fraction of sp³-hybridized carbons (Fsp3) is 0.846. The first-order chi connectivity index (χ1) is 14.0. The normalized spacial score (nSPS) is 45.0. The third-order valence-corrected chi connectivity index (χ3v) is 10.2. The van der Waals surface area contributed by atoms with Gasteiger partial charge in [0.1, 0.15) is 6.07 Å². The Balaban J connectivity index is 1.30. The van der Waals surface area contributed by atoms with E-state index in [0.29, 0.717) is 16.9 Å². The Morgan fingerprint density at radius 2 is 1.97 bits per heavy atom. The molecule has 0 spiro atoms. The van der Waals surface area contributed by atoms with Crippen molar-refractivity contribution in [3.8, 4) is 6.07 Å². The molecular weight excluding hydrogens is 354 g/mol. The van der Waals surface area contributed by atoms with Gasteiger partial charge in [0.25, 0.3) is 0 Å². The van der Waals surface area contributed by atoms with E-state index < -0.39 is 0 Å². The summed E-state index contributed by atoms with van der Waals surface area (Å²) in [4.78, 5) is 0. The molecule has 0 bridgehead atoms. The average Bonchev–Trinajstić information content (AvgIpc) is 3.30. The molecule has 5 rings (SSSR count). The molecule has 3 heteroatoms. The van der Waals surface area contributed by atoms with Crippen LogP contribution < -0.4 is 0 Å². The Morgan fingerprint density at radius 1 is 1.14 bits per heavy atom. The van der Waals surface area contributed by atoms with E-state index in [1.54, 1.807) is 6.20 Å². The highest BCUT2D eigenvalue weighted by molar-refractivity contribution is 5.21. The molecule has 1 heterocycles. The molecule has 4 aliphatic rings. The topological polar surface area (TPSA) is 41.6 Å². The maximum absolute atomic E-state index is 9.10. The molecule has 0 aliphatic heterocycles. The zero-order valence-electron chi connectivity index (χ0n) is 18.7. The Morgan fingerprint density at radius 3 is 2.76 bits per heavy atom. The Labute approximate surface area is 177 Å². The van der Waals surface area contributed by atoms with E-state index in [9.17, 15) is 0 Å². The summed E-state index contributed by atoms with van der Waals surface area (Å²) in [5.74, 6) is 7.54. The number of nitriles is 1. The Kier molecular flexibility index (Phi) is 5.04. The van der Waals surface area contributed by atoms with Crippen LogP contribution in [0.15, 0.2) is 12.4 Å². The molecule has 1 aromatic heterocycles. The molecule has 1 aromatic rings. The highest BCUT2D eigenvalue weighted by atomic mass is 15.3. The lowest BCUT2D eigenvalue weighted by molar-refractivity contribution is -0.0737. The number of rotatable bonds is 3. The van der Waals surface area contributed by atoms with Gasteiger partial charge >= 0.3 is 0 Å². The van der Waals surface area contributed by atoms with Crippen LogP contribution >= 0.6 is 0 Å². The lowest BCUT2D eigenvalue weighted by atomic mass is 9.49. The third-order valence-electron chi connectivity index (χ3n) is 10.2. The van der Waals surface area contributed by atoms with Crippen LogP contribution in [-0.4, -0.2) is 9.78 Å². The van der Waals surface area contributed by atoms with Crippen LogP contribution in [-0.2, 0) is 6.54 Å². The lowest BCUT2D eigenvalue weighted by Crippen LogP contribution is -2.49. The monoisotopic (exact) mass is 393 g/mol. The first kappa shape index (κ1) is 19.7. The zero-order chi connectivity index (χ0) is 20.2. The molecule has 4 fully saturated rings. The van der Waals surface area contributed by atoms with Gasteiger partial charge in [-0.15, -0.1) is 0 Å². The van der Waals surface area contributed by atoms with Gasteiger partial charge in [-0.05, 0) is 104 Å². The minimum absolute atomic E-state index is 0.528. The summed E-state index contributed by atoms with van der Waals surface area (Å²) in [7, 11) is 0. The van der Waals surface area contributed by atoms with E-state index in [1.165, 1.54) is 57.8 Å². The second-order valence-corrected chi connectivity index (χ2v) is 11.6. The van der Waals surface area contributed by atoms with Crippen LogP contribution in [0.25, 0.3) is 0 Å². The molecule has 0 amide bonds. The van der Waals surface area contributed by atoms with Crippen LogP contribution in [0.4, 0.5) is 0 Å². The van der Waals surface area contributed by atoms with Crippen LogP contribution in [0.3, 0.4) is 0 Å². The van der Waals surface area contributed by atoms with Gasteiger partial charge in [-0.1, -0.05) is 27.2 Å². The molecule has 4 aliphatic carbocycles. The maximum Gasteiger partial charge on any atom is 0.102 e. The molecule has 0 N–H and O–H groups in total. The standard InChI is InChI=1S/C26H39N3/c1-17-4-6-21-20(12-17)5-7-23-22(21)10-11-26(3)24(8-9-25(23)26)18(2)15-29-16-19(13-27)14-28-29/h14,16-18,20-25H,4-12,15H2,1-3H3. The molecule has 4 saturated carbocycles. The van der Waals surface area contributed by atoms with Gasteiger partial charge in [0.15, 0.2) is 0 Å². The van der Waals surface area contributed by atoms with Crippen LogP contribution in [0.5, 0.6) is 0 Å². The predicted molar refractivity (Wildman–Crippen MR) is 116 cm³/mol. The molecule has 29 heavy (non-hydrogen) atoms. The fourth-order valence-electron chi connectivity index (χ4n) is 9.01. The SMILES string of the molecule is CC1CCC2C(CCC3C2CCC2(C)C(C(C)Cn4cc(C#N)cn4)CCC32)C1. The predicted octanol–water partition coefficient (Wildman–Crippen LogP) is 6.30. The van der Waals surface area contributed by atoms with Crippen molar-refractivity contribution in [2.24, 2.45) is 52.8 Å². The summed E-state index contributed by atoms with van der Waals surface area (Å²) in [6.45, 7) is 8.55. The molecule has 9 unspecified atom stereocenters. The summed E-state index contributed by atoms with van der Waals surface area (Å²) in [5.41, 5.74) is 1.22. The van der Waals surface area contributed by atoms with Crippen LogP contribution in [0.1, 0.15) is 84.1 Å². The van der Waals surface area contributed by atoms with Gasteiger partial charge < -0.3 is 0 Å². The smallest absolute Gasteiger partial charge is 0.102 e. The van der Waals surface area contributed by atoms with Crippen molar-refractivity contribution in [2.75, 3.05) is 0 Å². The minimum Gasteiger partial charge on any atom is -0.271 e. The fourth-order valence-corrected chi connectivity index (χ4v) is 9.01. The van der Waals surface area contributed by atoms with Crippen LogP contribution in [0, 0.1) is 64.1 Å². The van der Waals surface area contributed by atoms with Crippen molar-refractivity contribution in [1.82, 2.24) is 9.78 Å². The van der Waals surface area contributed by atoms with E-state index in [0.717, 1.165) is 48.0 Å². The first-order valence-corrected chi connectivity index (χ1v) is 12.4. The highest BCUT2D eigenvalue weighted by Crippen LogP contribution is 2.65. The van der Waals surface area contributed by atoms with E-state index in [-0.39, 0.29) is 0 Å². The van der Waals surface area contributed by atoms with E-state index >= 15 is 0 Å². The molecule has 158 valence electrons. The molecular formula is C26H39N3. The van der Waals surface area contributed by atoms with Crippen molar-refractivity contribution in [3.05, 3.63) is 18.0 Å². The second-order valence-electron chi connectivity index (χ2n) is 11.6. The summed E-state index contributed by atoms with van der Waals surface area (Å²) < 4.78 is 2.01. The minimum atomic E-state index is 0.528. The molecule has 3 nitrogen and oxygen atoms in total. The zero-order valence-corrected chi connectivity index (χ0v) is 18.7. The van der Waals surface area contributed by atoms with Gasteiger partial charge in [-0.25, -0.2) is 0 Å². The number of hydrogen-bond acceptors (Lipinski definition) is 2. The van der Waals surface area contributed by atoms with Gasteiger partial charge in [0.2, 0.25) is 0 Å². The number of nitrogens with zero attached hydrogens (tertiary/aromatic N) is 3. The van der Waals surface area contributed by atoms with Crippen molar-refractivity contribution >= 4 is 0 Å². The summed E-state index contributed by atoms with van der Waals surface area (Å²) in [6.07, 6.45) is 17.0. The molecule has 9 atom stereocenters. The molecule has 0 saturated heterocycles. The number of fused-ring (bicyclic) bond motifs is 5. The van der Waals surface area contributed by atoms with Crippen molar-refractivity contribution in [1.29, 1.82) is 5.26 Å². The number of aromatic nitrogens is 2. The Hall–Kier alpha value is -1.30. The van der Waals surface area contributed by atoms with Gasteiger partial charge in [0.05, 0.1) is 11.8 Å². The van der Waals surface area contributed by atoms with Crippen LogP contribution in [0.2, 0.25) is 0 Å². The largest absolute Gasteiger partial charge is 0.271 e. The summed E-state index contributed by atoms with van der Waals surface area (Å²) in [5, 5.41) is 13.5. The van der Waals surface area contributed by atoms with Gasteiger partial charge in [-0.2, -0.15) is 10.4 Å². The maximum atomic E-state index is 9.10. The van der Waals surface area contributed by atoms with Gasteiger partial charge in [0, 0.05) is 12.7 Å². The van der Waals surface area contributed by atoms with Crippen molar-refractivity contribution in [2.45, 2.75) is 85.1 Å². The third kappa shape index (κ3) is 3.26. The average molecular weight is 394 g/mol. The quantitative estimate of drug-likeness (QED) is 0.605. The highest BCUT2D eigenvalue weighted by Gasteiger charge is 2.57. The molecule has 0 radical (unpaired) electrons. The lowest BCUT2D eigenvalue weighted by Gasteiger charge is -2.56. The first-order valence-electron chi connectivity index (χ1n) is 12.4. The number of hydrogen-bond donors (Lipinski definition) is 0. The summed E-state index contributed by atoms with van der Waals surface area (Å²) >= 11 is 0. The van der Waals surface area contributed by atoms with Crippen molar-refractivity contribution < 1.29 is 0 Å². The summed E-state index contributed by atoms with van der Waals surface area (Å²) in [6, 6.07) is 2.22. The molecule has 0 aromatic carbocycles. The van der Waals surface area contributed by atoms with Crippen molar-refractivity contribution in [3.63, 3.8) is 0 Å².